The van der Waals surface area contributed by atoms with E-state index >= 15 is 0 Å². The van der Waals surface area contributed by atoms with Gasteiger partial charge in [-0.3, -0.25) is 9.59 Å². The number of carbonyl (C=O) groups excluding carboxylic acids is 2. The number of benzene rings is 3. The second-order valence-electron chi connectivity index (χ2n) is 9.21. The molecule has 1 heterocycles. The van der Waals surface area contributed by atoms with E-state index < -0.39 is 28.8 Å². The molecule has 5 N–H and O–H groups in total. The molecule has 0 aliphatic heterocycles. The Hall–Kier alpha value is -3.64. The summed E-state index contributed by atoms with van der Waals surface area (Å²) in [7, 11) is -5.77. The molecule has 4 rings (SSSR count). The molecule has 0 fully saturated rings. The second kappa shape index (κ2) is 11.6. The van der Waals surface area contributed by atoms with Gasteiger partial charge in [-0.1, -0.05) is 29.8 Å². The Labute approximate surface area is 231 Å². The molecule has 2 amide bonds. The highest BCUT2D eigenvalue weighted by Gasteiger charge is 2.30. The van der Waals surface area contributed by atoms with Crippen LogP contribution in [0.4, 0.5) is 0 Å². The highest BCUT2D eigenvalue weighted by Crippen LogP contribution is 2.34. The molecule has 0 bridgehead atoms. The molecule has 3 aromatic carbocycles. The first-order chi connectivity index (χ1) is 18.5. The lowest BCUT2D eigenvalue weighted by molar-refractivity contribution is 0.0945. The fourth-order valence-corrected chi connectivity index (χ4v) is 6.27. The lowest BCUT2D eigenvalue weighted by atomic mass is 9.79. The number of carbonyl (C=O) groups is 2. The highest BCUT2D eigenvalue weighted by molar-refractivity contribution is 7.91. The Morgan fingerprint density at radius 3 is 2.26 bits per heavy atom. The lowest BCUT2D eigenvalue weighted by Crippen LogP contribution is -2.33. The van der Waals surface area contributed by atoms with Gasteiger partial charge in [0.25, 0.3) is 11.8 Å². The zero-order valence-corrected chi connectivity index (χ0v) is 22.9. The van der Waals surface area contributed by atoms with Crippen molar-refractivity contribution < 1.29 is 28.1 Å². The van der Waals surface area contributed by atoms with Gasteiger partial charge in [-0.05, 0) is 79.3 Å². The Morgan fingerprint density at radius 2 is 1.59 bits per heavy atom. The Morgan fingerprint density at radius 1 is 0.923 bits per heavy atom. The van der Waals surface area contributed by atoms with Gasteiger partial charge in [0.2, 0.25) is 9.84 Å². The van der Waals surface area contributed by atoms with Gasteiger partial charge in [-0.2, -0.15) is 0 Å². The summed E-state index contributed by atoms with van der Waals surface area (Å²) in [5.41, 5.74) is 2.37. The van der Waals surface area contributed by atoms with E-state index in [0.717, 1.165) is 11.1 Å². The molecule has 12 heteroatoms. The first-order valence-electron chi connectivity index (χ1n) is 12.1. The number of sulfone groups is 1. The van der Waals surface area contributed by atoms with Crippen molar-refractivity contribution in [2.75, 3.05) is 13.1 Å². The molecule has 202 valence electrons. The van der Waals surface area contributed by atoms with Crippen molar-refractivity contribution in [2.45, 2.75) is 30.1 Å². The second-order valence-corrected chi connectivity index (χ2v) is 11.5. The Bertz CT molecular complexity index is 1650. The number of aromatic amines is 1. The van der Waals surface area contributed by atoms with E-state index in [1.54, 1.807) is 50.2 Å². The Balaban J connectivity index is 1.50. The number of fused-ring (bicyclic) bond motifs is 1. The number of aryl methyl sites for hydroxylation is 2. The van der Waals surface area contributed by atoms with Gasteiger partial charge in [-0.25, -0.2) is 8.42 Å². The summed E-state index contributed by atoms with van der Waals surface area (Å²) in [6.45, 7) is 3.99. The van der Waals surface area contributed by atoms with Gasteiger partial charge in [0.1, 0.15) is 10.6 Å². The molecule has 39 heavy (non-hydrogen) atoms. The van der Waals surface area contributed by atoms with Gasteiger partial charge in [0.05, 0.1) is 4.90 Å². The topological polar surface area (TPSA) is 149 Å². The van der Waals surface area contributed by atoms with E-state index in [-0.39, 0.29) is 39.6 Å². The van der Waals surface area contributed by atoms with Crippen LogP contribution in [0.2, 0.25) is 5.02 Å². The predicted molar refractivity (Wildman–Crippen MR) is 150 cm³/mol. The van der Waals surface area contributed by atoms with Crippen LogP contribution in [-0.2, 0) is 9.84 Å². The molecule has 9 nitrogen and oxygen atoms in total. The SMILES string of the molecule is Cc1cc(C)cc(S(=O)(=O)c2c(C(=O)NCCCNC(=O)c3cccc(B(O)O)c3)[nH]c3ccc(Cl)cc23)c1. The molecular formula is C27H27BClN3O6S. The maximum atomic E-state index is 13.8. The van der Waals surface area contributed by atoms with Gasteiger partial charge in [0, 0.05) is 34.6 Å². The van der Waals surface area contributed by atoms with Crippen molar-refractivity contribution in [1.82, 2.24) is 15.6 Å². The third-order valence-electron chi connectivity index (χ3n) is 6.09. The van der Waals surface area contributed by atoms with Crippen LogP contribution < -0.4 is 16.1 Å². The van der Waals surface area contributed by atoms with E-state index in [2.05, 4.69) is 15.6 Å². The van der Waals surface area contributed by atoms with Crippen LogP contribution in [0.15, 0.2) is 70.5 Å². The number of nitrogens with one attached hydrogen (secondary N) is 3. The summed E-state index contributed by atoms with van der Waals surface area (Å²) in [5.74, 6) is -1.01. The molecule has 4 aromatic rings. The molecule has 0 atom stereocenters. The van der Waals surface area contributed by atoms with E-state index in [9.17, 15) is 28.1 Å². The molecule has 0 aliphatic carbocycles. The maximum absolute atomic E-state index is 13.8. The van der Waals surface area contributed by atoms with E-state index in [1.807, 2.05) is 6.07 Å². The zero-order valence-electron chi connectivity index (χ0n) is 21.3. The summed E-state index contributed by atoms with van der Waals surface area (Å²) in [5, 5.41) is 24.6. The average Bonchev–Trinajstić information content (AvgIpc) is 3.27. The average molecular weight is 568 g/mol. The molecule has 1 aromatic heterocycles. The molecule has 0 unspecified atom stereocenters. The van der Waals surface area contributed by atoms with Crippen molar-refractivity contribution in [2.24, 2.45) is 0 Å². The third-order valence-corrected chi connectivity index (χ3v) is 8.14. The normalized spacial score (nSPS) is 11.4. The van der Waals surface area contributed by atoms with Gasteiger partial charge in [0.15, 0.2) is 0 Å². The summed E-state index contributed by atoms with van der Waals surface area (Å²) in [6, 6.07) is 15.7. The van der Waals surface area contributed by atoms with Crippen LogP contribution in [0.25, 0.3) is 10.9 Å². The number of rotatable bonds is 9. The number of aromatic nitrogens is 1. The zero-order chi connectivity index (χ0) is 28.3. The van der Waals surface area contributed by atoms with E-state index in [4.69, 9.17) is 11.6 Å². The fourth-order valence-electron chi connectivity index (χ4n) is 4.31. The standard InChI is InChI=1S/C27H27BClN3O6S/c1-16-11-17(2)13-21(12-16)39(37,38)25-22-15-20(29)7-8-23(22)32-24(25)27(34)31-10-4-9-30-26(33)18-5-3-6-19(14-18)28(35)36/h3,5-8,11-15,32,35-36H,4,9-10H2,1-2H3,(H,30,33)(H,31,34). The van der Waals surface area contributed by atoms with Crippen molar-refractivity contribution >= 4 is 56.7 Å². The lowest BCUT2D eigenvalue weighted by Gasteiger charge is -2.10. The first kappa shape index (κ1) is 28.4. The molecule has 0 saturated heterocycles. The smallest absolute Gasteiger partial charge is 0.423 e. The van der Waals surface area contributed by atoms with Gasteiger partial charge < -0.3 is 25.7 Å². The van der Waals surface area contributed by atoms with Crippen LogP contribution in [0.3, 0.4) is 0 Å². The first-order valence-corrected chi connectivity index (χ1v) is 14.0. The summed E-state index contributed by atoms with van der Waals surface area (Å²) >= 11 is 6.17. The fraction of sp³-hybridized carbons (Fsp3) is 0.185. The van der Waals surface area contributed by atoms with Crippen LogP contribution >= 0.6 is 11.6 Å². The minimum absolute atomic E-state index is 0.0791. The van der Waals surface area contributed by atoms with E-state index in [1.165, 1.54) is 18.2 Å². The van der Waals surface area contributed by atoms with Crippen molar-refractivity contribution in [1.29, 1.82) is 0 Å². The summed E-state index contributed by atoms with van der Waals surface area (Å²) in [4.78, 5) is 28.4. The van der Waals surface area contributed by atoms with Crippen molar-refractivity contribution in [3.63, 3.8) is 0 Å². The number of hydrogen-bond acceptors (Lipinski definition) is 6. The quantitative estimate of drug-likeness (QED) is 0.155. The Kier molecular flexibility index (Phi) is 8.46. The predicted octanol–water partition coefficient (Wildman–Crippen LogP) is 2.50. The molecule has 0 spiro atoms. The van der Waals surface area contributed by atoms with Crippen molar-refractivity contribution in [3.05, 3.63) is 88.1 Å². The monoisotopic (exact) mass is 567 g/mol. The summed E-state index contributed by atoms with van der Waals surface area (Å²) in [6.07, 6.45) is 0.366. The number of hydrogen-bond donors (Lipinski definition) is 5. The van der Waals surface area contributed by atoms with Crippen LogP contribution in [0, 0.1) is 13.8 Å². The van der Waals surface area contributed by atoms with Crippen LogP contribution in [0.5, 0.6) is 0 Å². The molecule has 0 radical (unpaired) electrons. The molecule has 0 saturated carbocycles. The minimum atomic E-state index is -4.09. The van der Waals surface area contributed by atoms with Crippen LogP contribution in [0.1, 0.15) is 38.4 Å². The maximum Gasteiger partial charge on any atom is 0.488 e. The van der Waals surface area contributed by atoms with E-state index in [0.29, 0.717) is 22.3 Å². The summed E-state index contributed by atoms with van der Waals surface area (Å²) < 4.78 is 27.6. The van der Waals surface area contributed by atoms with Gasteiger partial charge in [-0.15, -0.1) is 0 Å². The number of H-pyrrole nitrogens is 1. The van der Waals surface area contributed by atoms with Crippen LogP contribution in [-0.4, -0.2) is 55.5 Å². The highest BCUT2D eigenvalue weighted by atomic mass is 35.5. The van der Waals surface area contributed by atoms with Crippen molar-refractivity contribution in [3.8, 4) is 0 Å². The number of amides is 2. The number of halogens is 1. The largest absolute Gasteiger partial charge is 0.488 e. The minimum Gasteiger partial charge on any atom is -0.423 e. The van der Waals surface area contributed by atoms with Gasteiger partial charge >= 0.3 is 7.12 Å². The molecule has 0 aliphatic rings. The molecular weight excluding hydrogens is 541 g/mol. The third kappa shape index (κ3) is 6.34.